The van der Waals surface area contributed by atoms with E-state index in [0.29, 0.717) is 24.0 Å². The lowest BCUT2D eigenvalue weighted by Gasteiger charge is -2.31. The van der Waals surface area contributed by atoms with Crippen LogP contribution >= 0.6 is 0 Å². The number of hydrogen-bond donors (Lipinski definition) is 2. The van der Waals surface area contributed by atoms with E-state index in [1.807, 2.05) is 19.1 Å². The zero-order valence-corrected chi connectivity index (χ0v) is 13.8. The molecule has 1 rings (SSSR count). The van der Waals surface area contributed by atoms with Crippen LogP contribution in [0.1, 0.15) is 53.4 Å². The second-order valence-corrected chi connectivity index (χ2v) is 6.31. The van der Waals surface area contributed by atoms with Crippen molar-refractivity contribution in [2.45, 2.75) is 59.5 Å². The van der Waals surface area contributed by atoms with Crippen molar-refractivity contribution in [1.82, 2.24) is 0 Å². The van der Waals surface area contributed by atoms with Crippen molar-refractivity contribution in [3.05, 3.63) is 34.9 Å². The first kappa shape index (κ1) is 18.4. The van der Waals surface area contributed by atoms with Crippen molar-refractivity contribution in [1.29, 1.82) is 0 Å². The Morgan fingerprint density at radius 2 is 2.09 bits per heavy atom. The molecule has 2 N–H and O–H groups in total. The first-order valence-corrected chi connectivity index (χ1v) is 7.69. The van der Waals surface area contributed by atoms with Crippen LogP contribution in [0.15, 0.2) is 34.9 Å². The first-order valence-electron chi connectivity index (χ1n) is 7.69. The highest BCUT2D eigenvalue weighted by molar-refractivity contribution is 6.00. The van der Waals surface area contributed by atoms with Gasteiger partial charge in [0.2, 0.25) is 0 Å². The zero-order chi connectivity index (χ0) is 16.9. The van der Waals surface area contributed by atoms with Crippen LogP contribution in [0.5, 0.6) is 0 Å². The van der Waals surface area contributed by atoms with Gasteiger partial charge in [-0.05, 0) is 58.1 Å². The maximum atomic E-state index is 11.9. The molecule has 22 heavy (non-hydrogen) atoms. The molecule has 4 nitrogen and oxygen atoms in total. The Kier molecular flexibility index (Phi) is 6.30. The lowest BCUT2D eigenvalue weighted by molar-refractivity contribution is -0.146. The molecule has 0 aromatic carbocycles. The molecule has 2 atom stereocenters. The van der Waals surface area contributed by atoms with Crippen molar-refractivity contribution in [3.63, 3.8) is 0 Å². The Balaban J connectivity index is 3.00. The van der Waals surface area contributed by atoms with Crippen molar-refractivity contribution in [3.8, 4) is 0 Å². The number of ketones is 1. The fourth-order valence-electron chi connectivity index (χ4n) is 2.62. The van der Waals surface area contributed by atoms with E-state index in [1.54, 1.807) is 26.8 Å². The normalized spacial score (nSPS) is 25.0. The average molecular weight is 306 g/mol. The molecule has 0 saturated heterocycles. The van der Waals surface area contributed by atoms with Crippen LogP contribution < -0.4 is 0 Å². The van der Waals surface area contributed by atoms with E-state index in [2.05, 4.69) is 0 Å². The summed E-state index contributed by atoms with van der Waals surface area (Å²) in [6, 6.07) is 0. The van der Waals surface area contributed by atoms with Crippen LogP contribution in [-0.4, -0.2) is 28.1 Å². The van der Waals surface area contributed by atoms with Crippen molar-refractivity contribution < 1.29 is 19.8 Å². The minimum absolute atomic E-state index is 0.0223. The van der Waals surface area contributed by atoms with Gasteiger partial charge in [0.25, 0.3) is 0 Å². The number of carboxylic acids is 1. The Labute approximate surface area is 132 Å². The van der Waals surface area contributed by atoms with E-state index in [4.69, 9.17) is 0 Å². The molecule has 1 unspecified atom stereocenters. The van der Waals surface area contributed by atoms with Gasteiger partial charge in [-0.3, -0.25) is 9.59 Å². The number of allylic oxidation sites excluding steroid dienone is 5. The fraction of sp³-hybridized carbons (Fsp3) is 0.556. The zero-order valence-electron chi connectivity index (χ0n) is 13.8. The van der Waals surface area contributed by atoms with Gasteiger partial charge in [0.15, 0.2) is 5.78 Å². The molecule has 0 aliphatic heterocycles. The lowest BCUT2D eigenvalue weighted by Crippen LogP contribution is -2.34. The Morgan fingerprint density at radius 3 is 2.64 bits per heavy atom. The molecule has 0 bridgehead atoms. The summed E-state index contributed by atoms with van der Waals surface area (Å²) in [5.74, 6) is -0.871. The molecule has 1 aliphatic carbocycles. The quantitative estimate of drug-likeness (QED) is 0.737. The number of aliphatic hydroxyl groups excluding tert-OH is 1. The van der Waals surface area contributed by atoms with E-state index in [9.17, 15) is 19.8 Å². The smallest absolute Gasteiger partial charge is 0.313 e. The molecule has 0 aromatic heterocycles. The summed E-state index contributed by atoms with van der Waals surface area (Å²) in [5.41, 5.74) is 1.13. The number of aliphatic hydroxyl groups is 1. The second-order valence-electron chi connectivity index (χ2n) is 6.31. The van der Waals surface area contributed by atoms with Gasteiger partial charge in [-0.1, -0.05) is 23.8 Å². The SMILES string of the molecule is CC1=C(/C=C/C(C)=C/CCC(C)O)[C@@](C)(C(=O)O)CCC1=O. The summed E-state index contributed by atoms with van der Waals surface area (Å²) >= 11 is 0. The molecular weight excluding hydrogens is 280 g/mol. The third-order valence-corrected chi connectivity index (χ3v) is 4.30. The monoisotopic (exact) mass is 306 g/mol. The predicted molar refractivity (Wildman–Crippen MR) is 86.5 cm³/mol. The molecule has 0 fully saturated rings. The second kappa shape index (κ2) is 7.54. The molecule has 0 amide bonds. The number of Topliss-reactive ketones (excluding diaryl/α,β-unsaturated/α-hetero) is 1. The molecule has 0 spiro atoms. The van der Waals surface area contributed by atoms with Gasteiger partial charge in [-0.15, -0.1) is 0 Å². The van der Waals surface area contributed by atoms with Gasteiger partial charge in [-0.2, -0.15) is 0 Å². The minimum Gasteiger partial charge on any atom is -0.481 e. The third kappa shape index (κ3) is 4.41. The van der Waals surface area contributed by atoms with E-state index in [0.717, 1.165) is 12.0 Å². The van der Waals surface area contributed by atoms with Crippen molar-refractivity contribution >= 4 is 11.8 Å². The summed E-state index contributed by atoms with van der Waals surface area (Å²) in [4.78, 5) is 23.5. The van der Waals surface area contributed by atoms with E-state index in [-0.39, 0.29) is 18.3 Å². The molecule has 0 radical (unpaired) electrons. The van der Waals surface area contributed by atoms with E-state index in [1.165, 1.54) is 0 Å². The van der Waals surface area contributed by atoms with E-state index < -0.39 is 11.4 Å². The lowest BCUT2D eigenvalue weighted by atomic mass is 9.70. The van der Waals surface area contributed by atoms with Gasteiger partial charge in [0.05, 0.1) is 11.5 Å². The Bertz CT molecular complexity index is 537. The molecule has 0 aromatic rings. The highest BCUT2D eigenvalue weighted by Crippen LogP contribution is 2.40. The molecule has 1 aliphatic rings. The van der Waals surface area contributed by atoms with Gasteiger partial charge in [0.1, 0.15) is 0 Å². The Hall–Kier alpha value is -1.68. The average Bonchev–Trinajstić information content (AvgIpc) is 2.42. The van der Waals surface area contributed by atoms with Crippen LogP contribution in [0.25, 0.3) is 0 Å². The molecular formula is C18H26O4. The van der Waals surface area contributed by atoms with Crippen LogP contribution in [0, 0.1) is 5.41 Å². The van der Waals surface area contributed by atoms with E-state index >= 15 is 0 Å². The molecule has 0 heterocycles. The molecule has 4 heteroatoms. The largest absolute Gasteiger partial charge is 0.481 e. The molecule has 0 saturated carbocycles. The number of carbonyl (C=O) groups excluding carboxylic acids is 1. The van der Waals surface area contributed by atoms with Crippen molar-refractivity contribution in [2.24, 2.45) is 5.41 Å². The number of rotatable bonds is 6. The summed E-state index contributed by atoms with van der Waals surface area (Å²) in [7, 11) is 0. The van der Waals surface area contributed by atoms with Crippen LogP contribution in [0.2, 0.25) is 0 Å². The summed E-state index contributed by atoms with van der Waals surface area (Å²) in [5, 5.41) is 18.8. The number of aliphatic carboxylic acids is 1. The number of carbonyl (C=O) groups is 2. The number of hydrogen-bond acceptors (Lipinski definition) is 3. The predicted octanol–water partition coefficient (Wildman–Crippen LogP) is 3.42. The summed E-state index contributed by atoms with van der Waals surface area (Å²) in [6.07, 6.45) is 7.36. The molecule has 122 valence electrons. The van der Waals surface area contributed by atoms with Gasteiger partial charge in [-0.25, -0.2) is 0 Å². The minimum atomic E-state index is -1.01. The highest BCUT2D eigenvalue weighted by atomic mass is 16.4. The highest BCUT2D eigenvalue weighted by Gasteiger charge is 2.41. The summed E-state index contributed by atoms with van der Waals surface area (Å²) < 4.78 is 0. The Morgan fingerprint density at radius 1 is 1.45 bits per heavy atom. The summed E-state index contributed by atoms with van der Waals surface area (Å²) in [6.45, 7) is 7.06. The maximum Gasteiger partial charge on any atom is 0.313 e. The topological polar surface area (TPSA) is 74.6 Å². The van der Waals surface area contributed by atoms with Gasteiger partial charge >= 0.3 is 5.97 Å². The van der Waals surface area contributed by atoms with Gasteiger partial charge < -0.3 is 10.2 Å². The standard InChI is InChI=1S/C18H26O4/c1-12(6-5-7-13(2)19)8-9-15-14(3)16(20)10-11-18(15,4)17(21)22/h6,8-9,13,19H,5,7,10-11H2,1-4H3,(H,21,22)/b9-8+,12-6+/t13?,18-/m0/s1. The third-order valence-electron chi connectivity index (χ3n) is 4.30. The van der Waals surface area contributed by atoms with Crippen LogP contribution in [0.3, 0.4) is 0 Å². The van der Waals surface area contributed by atoms with Gasteiger partial charge in [0, 0.05) is 6.42 Å². The van der Waals surface area contributed by atoms with Crippen molar-refractivity contribution in [2.75, 3.05) is 0 Å². The van der Waals surface area contributed by atoms with Crippen LogP contribution in [0.4, 0.5) is 0 Å². The first-order chi connectivity index (χ1) is 10.2. The van der Waals surface area contributed by atoms with Crippen LogP contribution in [-0.2, 0) is 9.59 Å². The fourth-order valence-corrected chi connectivity index (χ4v) is 2.62. The maximum absolute atomic E-state index is 11.9. The number of carboxylic acid groups (broad SMARTS) is 1.